The third kappa shape index (κ3) is 3.36. The van der Waals surface area contributed by atoms with E-state index in [2.05, 4.69) is 32.9 Å². The van der Waals surface area contributed by atoms with Crippen LogP contribution in [0, 0.1) is 0 Å². The van der Waals surface area contributed by atoms with Crippen LogP contribution in [0.1, 0.15) is 51.5 Å². The van der Waals surface area contributed by atoms with Crippen LogP contribution in [0.2, 0.25) is 0 Å². The quantitative estimate of drug-likeness (QED) is 0.550. The van der Waals surface area contributed by atoms with Gasteiger partial charge in [0.15, 0.2) is 0 Å². The molecule has 3 aromatic rings. The van der Waals surface area contributed by atoms with E-state index in [0.29, 0.717) is 31.6 Å². The highest BCUT2D eigenvalue weighted by Gasteiger charge is 2.54. The monoisotopic (exact) mass is 489 g/mol. The van der Waals surface area contributed by atoms with Crippen molar-refractivity contribution in [3.05, 3.63) is 36.8 Å². The van der Waals surface area contributed by atoms with Gasteiger partial charge >= 0.3 is 6.09 Å². The number of likely N-dealkylation sites (N-methyl/N-ethyl adjacent to an activating group) is 1. The predicted octanol–water partition coefficient (Wildman–Crippen LogP) is 4.32. The molecule has 7 rings (SSSR count). The Morgan fingerprint density at radius 2 is 2.06 bits per heavy atom. The molecule has 0 unspecified atom stereocenters. The van der Waals surface area contributed by atoms with Gasteiger partial charge in [0.2, 0.25) is 0 Å². The lowest BCUT2D eigenvalue weighted by atomic mass is 9.75. The molecule has 9 nitrogen and oxygen atoms in total. The van der Waals surface area contributed by atoms with Crippen molar-refractivity contribution in [2.45, 2.75) is 68.8 Å². The van der Waals surface area contributed by atoms with Crippen LogP contribution >= 0.6 is 0 Å². The Kier molecular flexibility index (Phi) is 4.77. The van der Waals surface area contributed by atoms with Crippen molar-refractivity contribution in [1.82, 2.24) is 19.4 Å². The number of fused-ring (bicyclic) bond motifs is 3. The van der Waals surface area contributed by atoms with Gasteiger partial charge in [0.1, 0.15) is 41.4 Å². The zero-order chi connectivity index (χ0) is 24.5. The number of ether oxygens (including phenoxy) is 3. The van der Waals surface area contributed by atoms with Crippen LogP contribution in [0.5, 0.6) is 5.75 Å². The average molecular weight is 490 g/mol. The summed E-state index contributed by atoms with van der Waals surface area (Å²) >= 11 is 0. The Hall–Kier alpha value is -3.33. The molecule has 1 amide bonds. The number of nitrogens with zero attached hydrogens (tertiary/aromatic N) is 4. The van der Waals surface area contributed by atoms with E-state index in [4.69, 9.17) is 19.9 Å². The second-order valence-electron chi connectivity index (χ2n) is 10.9. The molecule has 2 N–H and O–H groups in total. The van der Waals surface area contributed by atoms with Crippen molar-refractivity contribution in [3.8, 4) is 16.9 Å². The lowest BCUT2D eigenvalue weighted by Gasteiger charge is -2.43. The predicted molar refractivity (Wildman–Crippen MR) is 134 cm³/mol. The number of nitrogens with two attached hydrogens (primary N) is 1. The van der Waals surface area contributed by atoms with E-state index in [1.54, 1.807) is 4.90 Å². The third-order valence-corrected chi connectivity index (χ3v) is 8.58. The maximum Gasteiger partial charge on any atom is 0.410 e. The average Bonchev–Trinajstić information content (AvgIpc) is 3.63. The van der Waals surface area contributed by atoms with E-state index in [-0.39, 0.29) is 17.7 Å². The fourth-order valence-electron chi connectivity index (χ4n) is 6.60. The van der Waals surface area contributed by atoms with E-state index >= 15 is 0 Å². The lowest BCUT2D eigenvalue weighted by molar-refractivity contribution is -0.0401. The van der Waals surface area contributed by atoms with E-state index in [0.717, 1.165) is 66.4 Å². The SMILES string of the molecule is CCN1CC2(CC(n3cc(-c4cccc(OCC56CCC(CC5)O6)c4)c4c(N)ncnc43)C2)OC1=O. The summed E-state index contributed by atoms with van der Waals surface area (Å²) in [4.78, 5) is 22.8. The summed E-state index contributed by atoms with van der Waals surface area (Å²) in [6, 6.07) is 8.30. The number of carbonyl (C=O) groups excluding carboxylic acids is 1. The largest absolute Gasteiger partial charge is 0.491 e. The smallest absolute Gasteiger partial charge is 0.410 e. The Morgan fingerprint density at radius 3 is 2.78 bits per heavy atom. The van der Waals surface area contributed by atoms with Crippen molar-refractivity contribution in [2.75, 3.05) is 25.4 Å². The molecule has 3 aliphatic heterocycles. The minimum Gasteiger partial charge on any atom is -0.491 e. The molecule has 2 aromatic heterocycles. The first kappa shape index (κ1) is 21.9. The van der Waals surface area contributed by atoms with Crippen LogP contribution in [0.25, 0.3) is 22.2 Å². The zero-order valence-electron chi connectivity index (χ0n) is 20.5. The first-order valence-corrected chi connectivity index (χ1v) is 13.0. The van der Waals surface area contributed by atoms with Crippen LogP contribution in [0.4, 0.5) is 10.6 Å². The van der Waals surface area contributed by atoms with Gasteiger partial charge in [0, 0.05) is 37.2 Å². The number of rotatable bonds is 6. The highest BCUT2D eigenvalue weighted by Crippen LogP contribution is 2.50. The van der Waals surface area contributed by atoms with Gasteiger partial charge in [0.05, 0.1) is 18.0 Å². The van der Waals surface area contributed by atoms with E-state index < -0.39 is 5.60 Å². The highest BCUT2D eigenvalue weighted by molar-refractivity contribution is 6.00. The van der Waals surface area contributed by atoms with Crippen molar-refractivity contribution in [2.24, 2.45) is 0 Å². The van der Waals surface area contributed by atoms with E-state index in [1.165, 1.54) is 6.33 Å². The topological polar surface area (TPSA) is 105 Å². The van der Waals surface area contributed by atoms with Crippen LogP contribution < -0.4 is 10.5 Å². The molecular weight excluding hydrogens is 458 g/mol. The molecule has 1 aliphatic carbocycles. The molecule has 9 heteroatoms. The molecule has 3 saturated heterocycles. The minimum atomic E-state index is -0.401. The first-order chi connectivity index (χ1) is 17.5. The molecule has 4 fully saturated rings. The molecule has 1 saturated carbocycles. The van der Waals surface area contributed by atoms with Gasteiger partial charge in [0.25, 0.3) is 0 Å². The molecule has 188 valence electrons. The fraction of sp³-hybridized carbons (Fsp3) is 0.519. The van der Waals surface area contributed by atoms with Gasteiger partial charge in [-0.2, -0.15) is 0 Å². The second kappa shape index (κ2) is 7.83. The maximum atomic E-state index is 12.2. The summed E-state index contributed by atoms with van der Waals surface area (Å²) in [6.45, 7) is 3.87. The number of anilines is 1. The summed E-state index contributed by atoms with van der Waals surface area (Å²) in [6.07, 6.45) is 9.77. The number of hydrogen-bond acceptors (Lipinski definition) is 7. The summed E-state index contributed by atoms with van der Waals surface area (Å²) in [5, 5.41) is 0.838. The molecule has 0 atom stereocenters. The van der Waals surface area contributed by atoms with Crippen molar-refractivity contribution in [3.63, 3.8) is 0 Å². The molecule has 1 aromatic carbocycles. The van der Waals surface area contributed by atoms with E-state index in [1.807, 2.05) is 19.1 Å². The molecule has 36 heavy (non-hydrogen) atoms. The minimum absolute atomic E-state index is 0.119. The van der Waals surface area contributed by atoms with Gasteiger partial charge in [-0.25, -0.2) is 14.8 Å². The molecule has 0 radical (unpaired) electrons. The molecule has 2 bridgehead atoms. The van der Waals surface area contributed by atoms with Crippen molar-refractivity contribution in [1.29, 1.82) is 0 Å². The van der Waals surface area contributed by atoms with Gasteiger partial charge in [-0.15, -0.1) is 0 Å². The Bertz CT molecular complexity index is 1340. The standard InChI is InChI=1S/C27H31N5O4/c1-2-31-14-27(36-25(31)33)11-18(12-27)32-13-21(22-23(28)29-16-30-24(22)32)17-4-3-5-20(10-17)34-15-26-8-6-19(35-26)7-9-26/h3-5,10,13,16,18-19H,2,6-9,11-12,14-15H2,1H3,(H2,28,29,30). The molecule has 5 heterocycles. The number of hydrogen-bond donors (Lipinski definition) is 1. The summed E-state index contributed by atoms with van der Waals surface area (Å²) in [7, 11) is 0. The first-order valence-electron chi connectivity index (χ1n) is 13.0. The molecule has 1 spiro atoms. The van der Waals surface area contributed by atoms with Crippen molar-refractivity contribution < 1.29 is 19.0 Å². The van der Waals surface area contributed by atoms with Gasteiger partial charge in [-0.05, 0) is 50.3 Å². The summed E-state index contributed by atoms with van der Waals surface area (Å²) < 4.78 is 20.4. The summed E-state index contributed by atoms with van der Waals surface area (Å²) in [5.41, 5.74) is 8.63. The maximum absolute atomic E-state index is 12.2. The van der Waals surface area contributed by atoms with Crippen LogP contribution in [-0.4, -0.2) is 62.5 Å². The van der Waals surface area contributed by atoms with Crippen LogP contribution in [0.15, 0.2) is 36.8 Å². The van der Waals surface area contributed by atoms with Gasteiger partial charge in [-0.1, -0.05) is 12.1 Å². The normalized spacial score (nSPS) is 30.8. The third-order valence-electron chi connectivity index (χ3n) is 8.58. The number of benzene rings is 1. The number of carbonyl (C=O) groups is 1. The van der Waals surface area contributed by atoms with Crippen LogP contribution in [0.3, 0.4) is 0 Å². The Morgan fingerprint density at radius 1 is 1.22 bits per heavy atom. The number of nitrogen functional groups attached to an aromatic ring is 1. The lowest BCUT2D eigenvalue weighted by Crippen LogP contribution is -2.47. The fourth-order valence-corrected chi connectivity index (χ4v) is 6.60. The zero-order valence-corrected chi connectivity index (χ0v) is 20.5. The van der Waals surface area contributed by atoms with Gasteiger partial charge in [-0.3, -0.25) is 0 Å². The van der Waals surface area contributed by atoms with Gasteiger partial charge < -0.3 is 29.4 Å². The second-order valence-corrected chi connectivity index (χ2v) is 10.9. The Labute approximate surface area is 209 Å². The summed E-state index contributed by atoms with van der Waals surface area (Å²) in [5.74, 6) is 1.27. The molecular formula is C27H31N5O4. The highest BCUT2D eigenvalue weighted by atomic mass is 16.6. The van der Waals surface area contributed by atoms with Crippen LogP contribution in [-0.2, 0) is 9.47 Å². The van der Waals surface area contributed by atoms with E-state index in [9.17, 15) is 4.79 Å². The number of aromatic nitrogens is 3. The number of amides is 1. The van der Waals surface area contributed by atoms with Crippen molar-refractivity contribution >= 4 is 22.9 Å². The molecule has 4 aliphatic rings. The Balaban J connectivity index is 1.17.